The average molecular weight is 523 g/mol. The number of halogens is 1. The molecule has 196 valence electrons. The minimum absolute atomic E-state index is 0.0532. The third-order valence-electron chi connectivity index (χ3n) is 6.75. The van der Waals surface area contributed by atoms with Gasteiger partial charge in [0.25, 0.3) is 0 Å². The summed E-state index contributed by atoms with van der Waals surface area (Å²) in [6, 6.07) is 9.47. The zero-order chi connectivity index (χ0) is 26.7. The molecule has 0 unspecified atom stereocenters. The molecule has 0 spiro atoms. The van der Waals surface area contributed by atoms with E-state index in [0.29, 0.717) is 46.1 Å². The molecule has 0 saturated heterocycles. The number of rotatable bonds is 10. The van der Waals surface area contributed by atoms with Gasteiger partial charge in [0.05, 0.1) is 16.6 Å². The molecule has 2 heterocycles. The lowest BCUT2D eigenvalue weighted by Gasteiger charge is -2.24. The number of aromatic nitrogens is 3. The molecule has 9 nitrogen and oxygen atoms in total. The van der Waals surface area contributed by atoms with Gasteiger partial charge in [0.1, 0.15) is 11.6 Å². The van der Waals surface area contributed by atoms with Crippen LogP contribution in [0.25, 0.3) is 21.9 Å². The summed E-state index contributed by atoms with van der Waals surface area (Å²) in [5.74, 6) is 0.619. The number of anilines is 4. The van der Waals surface area contributed by atoms with Crippen LogP contribution in [0.3, 0.4) is 0 Å². The quantitative estimate of drug-likeness (QED) is 0.165. The standard InChI is InChI=1S/C27H35ClN8O/c1-5-35(6-2)14-16-11-19(12-17(24(16)37)15-36(7-3)8-4)31-23-20-10-9-18(28)13-21(20)32-26-22(23)25(29)33-27(30)34-26/h9-13,37H,5-8,14-15H2,1-4H3,(H5,29,30,31,32,33,34). The number of phenols is 1. The molecular weight excluding hydrogens is 488 g/mol. The Morgan fingerprint density at radius 2 is 1.46 bits per heavy atom. The highest BCUT2D eigenvalue weighted by atomic mass is 35.5. The van der Waals surface area contributed by atoms with Crippen molar-refractivity contribution in [3.05, 3.63) is 46.5 Å². The Bertz CT molecular complexity index is 1380. The van der Waals surface area contributed by atoms with E-state index >= 15 is 0 Å². The number of nitrogens with two attached hydrogens (primary N) is 2. The third-order valence-corrected chi connectivity index (χ3v) is 6.99. The van der Waals surface area contributed by atoms with Crippen molar-refractivity contribution in [1.29, 1.82) is 0 Å². The summed E-state index contributed by atoms with van der Waals surface area (Å²) < 4.78 is 0. The van der Waals surface area contributed by atoms with E-state index < -0.39 is 0 Å². The lowest BCUT2D eigenvalue weighted by Crippen LogP contribution is -2.24. The van der Waals surface area contributed by atoms with Gasteiger partial charge < -0.3 is 21.9 Å². The van der Waals surface area contributed by atoms with E-state index in [-0.39, 0.29) is 11.8 Å². The van der Waals surface area contributed by atoms with Gasteiger partial charge in [-0.05, 0) is 56.5 Å². The maximum atomic E-state index is 11.2. The number of hydrogen-bond acceptors (Lipinski definition) is 9. The molecule has 0 bridgehead atoms. The Morgan fingerprint density at radius 1 is 0.865 bits per heavy atom. The third kappa shape index (κ3) is 5.64. The van der Waals surface area contributed by atoms with Crippen molar-refractivity contribution in [2.75, 3.05) is 43.0 Å². The number of hydrogen-bond donors (Lipinski definition) is 4. The fraction of sp³-hybridized carbons (Fsp3) is 0.370. The van der Waals surface area contributed by atoms with Crippen molar-refractivity contribution in [3.63, 3.8) is 0 Å². The van der Waals surface area contributed by atoms with Crippen molar-refractivity contribution in [3.8, 4) is 5.75 Å². The zero-order valence-electron chi connectivity index (χ0n) is 21.8. The molecule has 4 rings (SSSR count). The summed E-state index contributed by atoms with van der Waals surface area (Å²) >= 11 is 6.28. The van der Waals surface area contributed by atoms with Crippen LogP contribution >= 0.6 is 11.6 Å². The van der Waals surface area contributed by atoms with Crippen molar-refractivity contribution in [2.45, 2.75) is 40.8 Å². The minimum atomic E-state index is 0.0532. The second kappa shape index (κ2) is 11.3. The Hall–Kier alpha value is -3.40. The van der Waals surface area contributed by atoms with Gasteiger partial charge in [-0.15, -0.1) is 0 Å². The van der Waals surface area contributed by atoms with Gasteiger partial charge in [-0.2, -0.15) is 9.97 Å². The fourth-order valence-corrected chi connectivity index (χ4v) is 4.75. The highest BCUT2D eigenvalue weighted by molar-refractivity contribution is 6.31. The fourth-order valence-electron chi connectivity index (χ4n) is 4.59. The van der Waals surface area contributed by atoms with Crippen LogP contribution in [0.2, 0.25) is 5.02 Å². The number of pyridine rings is 1. The number of nitrogens with one attached hydrogen (secondary N) is 1. The maximum absolute atomic E-state index is 11.2. The molecule has 2 aromatic carbocycles. The number of fused-ring (bicyclic) bond motifs is 2. The Morgan fingerprint density at radius 3 is 2.03 bits per heavy atom. The lowest BCUT2D eigenvalue weighted by molar-refractivity contribution is 0.281. The molecule has 0 atom stereocenters. The summed E-state index contributed by atoms with van der Waals surface area (Å²) in [5.41, 5.74) is 16.5. The number of nitrogens with zero attached hydrogens (tertiary/aromatic N) is 5. The summed E-state index contributed by atoms with van der Waals surface area (Å²) in [6.45, 7) is 13.3. The first-order chi connectivity index (χ1) is 17.8. The Kier molecular flexibility index (Phi) is 8.16. The first-order valence-electron chi connectivity index (χ1n) is 12.7. The second-order valence-corrected chi connectivity index (χ2v) is 9.44. The summed E-state index contributed by atoms with van der Waals surface area (Å²) in [6.07, 6.45) is 0. The molecule has 0 saturated carbocycles. The normalized spacial score (nSPS) is 11.8. The SMILES string of the molecule is CCN(CC)Cc1cc(Nc2c3ccc(Cl)cc3nc3nc(N)nc(N)c23)cc(CN(CC)CC)c1O. The summed E-state index contributed by atoms with van der Waals surface area (Å²) in [7, 11) is 0. The second-order valence-electron chi connectivity index (χ2n) is 9.00. The van der Waals surface area contributed by atoms with E-state index in [1.54, 1.807) is 6.07 Å². The van der Waals surface area contributed by atoms with E-state index in [2.05, 4.69) is 57.8 Å². The van der Waals surface area contributed by atoms with Crippen molar-refractivity contribution < 1.29 is 5.11 Å². The molecule has 0 aliphatic carbocycles. The largest absolute Gasteiger partial charge is 0.507 e. The number of nitrogen functional groups attached to an aromatic ring is 2. The van der Waals surface area contributed by atoms with Crippen LogP contribution in [0, 0.1) is 0 Å². The number of phenolic OH excluding ortho intramolecular Hbond substituents is 1. The summed E-state index contributed by atoms with van der Waals surface area (Å²) in [5, 5.41) is 16.8. The van der Waals surface area contributed by atoms with Gasteiger partial charge in [0, 0.05) is 40.3 Å². The molecule has 2 aromatic heterocycles. The van der Waals surface area contributed by atoms with Crippen LogP contribution in [0.1, 0.15) is 38.8 Å². The number of benzene rings is 2. The Balaban J connectivity index is 1.91. The van der Waals surface area contributed by atoms with Crippen LogP contribution in [-0.4, -0.2) is 56.0 Å². The first-order valence-corrected chi connectivity index (χ1v) is 13.0. The molecule has 0 fully saturated rings. The lowest BCUT2D eigenvalue weighted by atomic mass is 10.0. The minimum Gasteiger partial charge on any atom is -0.507 e. The molecule has 37 heavy (non-hydrogen) atoms. The first kappa shape index (κ1) is 26.7. The van der Waals surface area contributed by atoms with E-state index in [9.17, 15) is 5.11 Å². The van der Waals surface area contributed by atoms with Crippen LogP contribution in [0.5, 0.6) is 5.75 Å². The molecule has 0 radical (unpaired) electrons. The Labute approximate surface area is 222 Å². The highest BCUT2D eigenvalue weighted by Gasteiger charge is 2.19. The molecule has 0 aliphatic heterocycles. The van der Waals surface area contributed by atoms with Crippen molar-refractivity contribution >= 4 is 56.7 Å². The molecule has 0 aliphatic rings. The number of aromatic hydroxyl groups is 1. The average Bonchev–Trinajstić information content (AvgIpc) is 2.87. The van der Waals surface area contributed by atoms with E-state index in [1.165, 1.54) is 0 Å². The molecule has 0 amide bonds. The predicted molar refractivity (Wildman–Crippen MR) is 153 cm³/mol. The van der Waals surface area contributed by atoms with Crippen LogP contribution in [0.4, 0.5) is 23.1 Å². The monoisotopic (exact) mass is 522 g/mol. The van der Waals surface area contributed by atoms with Crippen molar-refractivity contribution in [2.24, 2.45) is 0 Å². The van der Waals surface area contributed by atoms with E-state index in [0.717, 1.165) is 48.4 Å². The molecule has 4 aromatic rings. The highest BCUT2D eigenvalue weighted by Crippen LogP contribution is 2.38. The van der Waals surface area contributed by atoms with Gasteiger partial charge >= 0.3 is 0 Å². The van der Waals surface area contributed by atoms with Gasteiger partial charge in [0.2, 0.25) is 5.95 Å². The van der Waals surface area contributed by atoms with Crippen LogP contribution < -0.4 is 16.8 Å². The van der Waals surface area contributed by atoms with Gasteiger partial charge in [-0.25, -0.2) is 4.98 Å². The van der Waals surface area contributed by atoms with Crippen LogP contribution in [-0.2, 0) is 13.1 Å². The maximum Gasteiger partial charge on any atom is 0.224 e. The van der Waals surface area contributed by atoms with Gasteiger partial charge in [-0.3, -0.25) is 9.80 Å². The topological polar surface area (TPSA) is 129 Å². The smallest absolute Gasteiger partial charge is 0.224 e. The van der Waals surface area contributed by atoms with Crippen LogP contribution in [0.15, 0.2) is 30.3 Å². The van der Waals surface area contributed by atoms with Crippen molar-refractivity contribution in [1.82, 2.24) is 24.8 Å². The predicted octanol–water partition coefficient (Wildman–Crippen LogP) is 5.13. The summed E-state index contributed by atoms with van der Waals surface area (Å²) in [4.78, 5) is 17.7. The van der Waals surface area contributed by atoms with E-state index in [1.807, 2.05) is 24.3 Å². The zero-order valence-corrected chi connectivity index (χ0v) is 22.6. The van der Waals surface area contributed by atoms with Gasteiger partial charge in [-0.1, -0.05) is 39.3 Å². The molecule has 10 heteroatoms. The molecular formula is C27H35ClN8O. The molecule has 6 N–H and O–H groups in total. The van der Waals surface area contributed by atoms with Gasteiger partial charge in [0.15, 0.2) is 5.65 Å². The van der Waals surface area contributed by atoms with E-state index in [4.69, 9.17) is 23.1 Å².